The van der Waals surface area contributed by atoms with Gasteiger partial charge in [0.25, 0.3) is 0 Å². The van der Waals surface area contributed by atoms with Gasteiger partial charge in [0.15, 0.2) is 11.6 Å². The van der Waals surface area contributed by atoms with Gasteiger partial charge in [-0.15, -0.1) is 0 Å². The van der Waals surface area contributed by atoms with Crippen molar-refractivity contribution in [2.75, 3.05) is 4.90 Å². The van der Waals surface area contributed by atoms with E-state index in [9.17, 15) is 0 Å². The molecule has 0 amide bonds. The van der Waals surface area contributed by atoms with E-state index >= 15 is 0 Å². The number of fused-ring (bicyclic) bond motifs is 16. The minimum absolute atomic E-state index is 0.541. The van der Waals surface area contributed by atoms with Crippen molar-refractivity contribution in [3.8, 4) is 61.8 Å². The Kier molecular flexibility index (Phi) is 10.1. The Morgan fingerprint density at radius 2 is 0.732 bits per heavy atom. The highest BCUT2D eigenvalue weighted by Crippen LogP contribution is 2.68. The largest absolute Gasteiger partial charge is 0.309 e. The van der Waals surface area contributed by atoms with Crippen molar-refractivity contribution in [1.29, 1.82) is 0 Å². The molecule has 382 valence electrons. The highest BCUT2D eigenvalue weighted by molar-refractivity contribution is 6.11. The van der Waals surface area contributed by atoms with E-state index in [2.05, 4.69) is 270 Å². The lowest BCUT2D eigenvalue weighted by molar-refractivity contribution is 0.745. The molecule has 0 saturated heterocycles. The molecule has 1 unspecified atom stereocenters. The Bertz CT molecular complexity index is 4760. The average Bonchev–Trinajstić information content (AvgIpc) is 1.64. The van der Waals surface area contributed by atoms with Gasteiger partial charge in [0, 0.05) is 27.6 Å². The predicted octanol–water partition coefficient (Wildman–Crippen LogP) is 18.5. The zero-order valence-electron chi connectivity index (χ0n) is 44.5. The summed E-state index contributed by atoms with van der Waals surface area (Å²) in [6.45, 7) is 0. The third kappa shape index (κ3) is 6.41. The highest BCUT2D eigenvalue weighted by Gasteiger charge is 2.55. The molecule has 2 aromatic heterocycles. The molecule has 12 aromatic carbocycles. The Hall–Kier alpha value is -10.8. The second kappa shape index (κ2) is 17.9. The molecule has 1 atom stereocenters. The third-order valence-electron chi connectivity index (χ3n) is 17.7. The molecule has 0 radical (unpaired) electrons. The SMILES string of the molecule is c1ccc(-c2nc(-c3ccccc3)nc(N3c4ccccc4C4(c5ccccc5-c5c4ccc4c5-c5ccccc5C4(c4ccccc4)c4ccccc4)c4ccc(-c5ccc6c(c5)c5ccccc5n6-c5ccccc5)cc43)n2)cc1. The van der Waals surface area contributed by atoms with Crippen LogP contribution in [0.25, 0.3) is 83.6 Å². The summed E-state index contributed by atoms with van der Waals surface area (Å²) in [5.41, 5.74) is 23.1. The minimum atomic E-state index is -0.772. The summed E-state index contributed by atoms with van der Waals surface area (Å²) in [5.74, 6) is 1.75. The maximum atomic E-state index is 5.51. The van der Waals surface area contributed by atoms with E-state index in [1.165, 1.54) is 71.9 Å². The second-order valence-corrected chi connectivity index (χ2v) is 21.8. The number of aromatic nitrogens is 4. The van der Waals surface area contributed by atoms with Crippen molar-refractivity contribution in [3.63, 3.8) is 0 Å². The summed E-state index contributed by atoms with van der Waals surface area (Å²) in [6.07, 6.45) is 0. The molecule has 0 fully saturated rings. The lowest BCUT2D eigenvalue weighted by atomic mass is 9.64. The van der Waals surface area contributed by atoms with E-state index in [4.69, 9.17) is 15.0 Å². The Morgan fingerprint density at radius 1 is 0.280 bits per heavy atom. The van der Waals surface area contributed by atoms with Crippen LogP contribution in [0.5, 0.6) is 0 Å². The van der Waals surface area contributed by atoms with E-state index in [1.807, 2.05) is 36.4 Å². The molecule has 3 aliphatic rings. The topological polar surface area (TPSA) is 46.8 Å². The van der Waals surface area contributed by atoms with Crippen LogP contribution in [0.1, 0.15) is 44.5 Å². The van der Waals surface area contributed by atoms with Gasteiger partial charge in [0.2, 0.25) is 5.95 Å². The maximum absolute atomic E-state index is 5.51. The van der Waals surface area contributed by atoms with E-state index in [0.29, 0.717) is 17.6 Å². The Labute approximate surface area is 475 Å². The molecular formula is C77H49N5. The van der Waals surface area contributed by atoms with Gasteiger partial charge in [-0.2, -0.15) is 9.97 Å². The van der Waals surface area contributed by atoms with Gasteiger partial charge in [0.05, 0.1) is 33.2 Å². The lowest BCUT2D eigenvalue weighted by Crippen LogP contribution is -2.37. The second-order valence-electron chi connectivity index (χ2n) is 21.8. The molecule has 5 heteroatoms. The van der Waals surface area contributed by atoms with Crippen molar-refractivity contribution >= 4 is 39.1 Å². The van der Waals surface area contributed by atoms with Gasteiger partial charge in [-0.1, -0.05) is 255 Å². The number of rotatable bonds is 7. The first-order valence-corrected chi connectivity index (χ1v) is 28.2. The molecule has 82 heavy (non-hydrogen) atoms. The third-order valence-corrected chi connectivity index (χ3v) is 17.7. The monoisotopic (exact) mass is 1040 g/mol. The molecule has 5 nitrogen and oxygen atoms in total. The fourth-order valence-electron chi connectivity index (χ4n) is 14.5. The zero-order chi connectivity index (χ0) is 53.9. The Morgan fingerprint density at radius 3 is 1.37 bits per heavy atom. The van der Waals surface area contributed by atoms with Gasteiger partial charge in [-0.05, 0) is 120 Å². The van der Waals surface area contributed by atoms with Crippen LogP contribution in [0.4, 0.5) is 17.3 Å². The van der Waals surface area contributed by atoms with E-state index in [-0.39, 0.29) is 0 Å². The summed E-state index contributed by atoms with van der Waals surface area (Å²) in [4.78, 5) is 18.5. The summed E-state index contributed by atoms with van der Waals surface area (Å²) in [6, 6.07) is 109. The van der Waals surface area contributed by atoms with Crippen molar-refractivity contribution < 1.29 is 0 Å². The average molecular weight is 1040 g/mol. The van der Waals surface area contributed by atoms with Crippen LogP contribution < -0.4 is 4.90 Å². The number of hydrogen-bond acceptors (Lipinski definition) is 4. The molecule has 1 aliphatic heterocycles. The standard InChI is InChI=1S/C77H49N5/c1-6-24-50(25-7-1)73-78-74(51-26-8-2-9-27-51)80-75(79-73)82-69-41-23-21-39-63(69)77(64-44-42-53(49-70(64)82)52-43-47-68-60(48-52)57-34-18-22-40-67(57)81(68)56-32-14-5-15-33-56)62-38-20-17-36-59(62)72-66(77)46-45-65-71(72)58-35-16-19-37-61(58)76(65,54-28-10-3-11-29-54)55-30-12-4-13-31-55/h1-49H. The zero-order valence-corrected chi connectivity index (χ0v) is 44.5. The minimum Gasteiger partial charge on any atom is -0.309 e. The van der Waals surface area contributed by atoms with Crippen molar-refractivity contribution in [2.24, 2.45) is 0 Å². The van der Waals surface area contributed by atoms with Crippen LogP contribution in [0.15, 0.2) is 297 Å². The number of benzene rings is 12. The van der Waals surface area contributed by atoms with Gasteiger partial charge < -0.3 is 4.57 Å². The van der Waals surface area contributed by atoms with Gasteiger partial charge in [-0.3, -0.25) is 4.90 Å². The van der Waals surface area contributed by atoms with Crippen LogP contribution in [-0.2, 0) is 10.8 Å². The lowest BCUT2D eigenvalue weighted by Gasteiger charge is -2.44. The molecule has 3 heterocycles. The van der Waals surface area contributed by atoms with Crippen molar-refractivity contribution in [1.82, 2.24) is 19.5 Å². The molecule has 17 rings (SSSR count). The molecule has 0 N–H and O–H groups in total. The molecule has 2 aliphatic carbocycles. The molecule has 0 bridgehead atoms. The van der Waals surface area contributed by atoms with Crippen LogP contribution in [0.3, 0.4) is 0 Å². The number of hydrogen-bond donors (Lipinski definition) is 0. The van der Waals surface area contributed by atoms with E-state index in [0.717, 1.165) is 56.0 Å². The van der Waals surface area contributed by atoms with Crippen LogP contribution in [0.2, 0.25) is 0 Å². The normalized spacial score (nSPS) is 15.0. The Balaban J connectivity index is 0.967. The number of para-hydroxylation sites is 3. The highest BCUT2D eigenvalue weighted by atomic mass is 15.3. The van der Waals surface area contributed by atoms with E-state index < -0.39 is 10.8 Å². The first-order chi connectivity index (χ1) is 40.7. The van der Waals surface area contributed by atoms with Crippen molar-refractivity contribution in [3.05, 3.63) is 342 Å². The first-order valence-electron chi connectivity index (χ1n) is 28.2. The quantitative estimate of drug-likeness (QED) is 0.160. The molecular weight excluding hydrogens is 995 g/mol. The maximum Gasteiger partial charge on any atom is 0.238 e. The first kappa shape index (κ1) is 46.2. The van der Waals surface area contributed by atoms with E-state index in [1.54, 1.807) is 0 Å². The van der Waals surface area contributed by atoms with Crippen LogP contribution >= 0.6 is 0 Å². The van der Waals surface area contributed by atoms with Crippen LogP contribution in [-0.4, -0.2) is 19.5 Å². The van der Waals surface area contributed by atoms with Gasteiger partial charge in [0.1, 0.15) is 0 Å². The van der Waals surface area contributed by atoms with Gasteiger partial charge >= 0.3 is 0 Å². The fourth-order valence-corrected chi connectivity index (χ4v) is 14.5. The predicted molar refractivity (Wildman–Crippen MR) is 333 cm³/mol. The smallest absolute Gasteiger partial charge is 0.238 e. The fraction of sp³-hybridized carbons (Fsp3) is 0.0260. The summed E-state index contributed by atoms with van der Waals surface area (Å²) >= 11 is 0. The van der Waals surface area contributed by atoms with Crippen molar-refractivity contribution in [2.45, 2.75) is 10.8 Å². The van der Waals surface area contributed by atoms with Crippen LogP contribution in [0, 0.1) is 0 Å². The summed E-state index contributed by atoms with van der Waals surface area (Å²) < 4.78 is 2.38. The molecule has 0 saturated carbocycles. The summed E-state index contributed by atoms with van der Waals surface area (Å²) in [7, 11) is 0. The summed E-state index contributed by atoms with van der Waals surface area (Å²) in [5, 5.41) is 2.40. The number of nitrogens with zero attached hydrogens (tertiary/aromatic N) is 5. The molecule has 1 spiro atoms. The molecule has 14 aromatic rings. The van der Waals surface area contributed by atoms with Gasteiger partial charge in [-0.25, -0.2) is 4.98 Å². The number of anilines is 3.